The summed E-state index contributed by atoms with van der Waals surface area (Å²) in [5, 5.41) is 0. The lowest BCUT2D eigenvalue weighted by atomic mass is 9.97. The number of ether oxygens (including phenoxy) is 2. The number of rotatable bonds is 7. The highest BCUT2D eigenvalue weighted by atomic mass is 16.7. The molecular weight excluding hydrogens is 240 g/mol. The smallest absolute Gasteiger partial charge is 0.222 e. The van der Waals surface area contributed by atoms with E-state index < -0.39 is 6.29 Å². The van der Waals surface area contributed by atoms with Crippen LogP contribution in [0.2, 0.25) is 0 Å². The Labute approximate surface area is 115 Å². The number of hydrogen-bond donors (Lipinski definition) is 0. The molecule has 0 heterocycles. The number of carbonyl (C=O) groups is 1. The van der Waals surface area contributed by atoms with Gasteiger partial charge in [0.1, 0.15) is 0 Å². The topological polar surface area (TPSA) is 35.5 Å². The molecule has 3 heteroatoms. The summed E-state index contributed by atoms with van der Waals surface area (Å²) in [5.41, 5.74) is 2.53. The van der Waals surface area contributed by atoms with Crippen molar-refractivity contribution < 1.29 is 14.3 Å². The van der Waals surface area contributed by atoms with Gasteiger partial charge in [0.15, 0.2) is 0 Å². The van der Waals surface area contributed by atoms with Crippen molar-refractivity contribution in [2.75, 3.05) is 13.2 Å². The first-order valence-electron chi connectivity index (χ1n) is 6.62. The van der Waals surface area contributed by atoms with Gasteiger partial charge < -0.3 is 9.47 Å². The summed E-state index contributed by atoms with van der Waals surface area (Å²) in [6, 6.07) is 9.62. The van der Waals surface area contributed by atoms with Crippen molar-refractivity contribution in [3.8, 4) is 0 Å². The van der Waals surface area contributed by atoms with E-state index in [9.17, 15) is 4.79 Å². The average Bonchev–Trinajstić information content (AvgIpc) is 2.39. The molecule has 0 saturated heterocycles. The van der Waals surface area contributed by atoms with Crippen LogP contribution < -0.4 is 0 Å². The van der Waals surface area contributed by atoms with E-state index in [1.807, 2.05) is 58.0 Å². The first-order valence-corrected chi connectivity index (χ1v) is 6.62. The highest BCUT2D eigenvalue weighted by Crippen LogP contribution is 2.22. The summed E-state index contributed by atoms with van der Waals surface area (Å²) >= 11 is 0. The Hall–Kier alpha value is -1.45. The number of benzene rings is 1. The maximum atomic E-state index is 12.6. The molecule has 0 spiro atoms. The number of hydrogen-bond acceptors (Lipinski definition) is 3. The second kappa shape index (κ2) is 7.87. The summed E-state index contributed by atoms with van der Waals surface area (Å²) in [6.07, 6.45) is -0.819. The van der Waals surface area contributed by atoms with Crippen LogP contribution in [0.1, 0.15) is 33.3 Å². The van der Waals surface area contributed by atoms with E-state index in [-0.39, 0.29) is 5.78 Å². The van der Waals surface area contributed by atoms with E-state index in [1.165, 1.54) is 0 Å². The molecule has 0 N–H and O–H groups in total. The molecule has 0 amide bonds. The van der Waals surface area contributed by atoms with Gasteiger partial charge in [-0.15, -0.1) is 0 Å². The van der Waals surface area contributed by atoms with Crippen molar-refractivity contribution >= 4 is 11.4 Å². The molecule has 0 aliphatic heterocycles. The second-order valence-corrected chi connectivity index (χ2v) is 4.35. The normalized spacial score (nSPS) is 10.6. The Bertz CT molecular complexity index is 425. The molecule has 0 saturated carbocycles. The molecule has 19 heavy (non-hydrogen) atoms. The third-order valence-electron chi connectivity index (χ3n) is 2.66. The third kappa shape index (κ3) is 4.30. The van der Waals surface area contributed by atoms with Crippen LogP contribution in [0.15, 0.2) is 35.9 Å². The van der Waals surface area contributed by atoms with Gasteiger partial charge in [0.05, 0.1) is 0 Å². The van der Waals surface area contributed by atoms with Crippen LogP contribution in [-0.4, -0.2) is 25.3 Å². The number of carbonyl (C=O) groups excluding carboxylic acids is 1. The third-order valence-corrected chi connectivity index (χ3v) is 2.66. The summed E-state index contributed by atoms with van der Waals surface area (Å²) in [4.78, 5) is 12.6. The zero-order valence-corrected chi connectivity index (χ0v) is 12.1. The zero-order chi connectivity index (χ0) is 14.3. The Morgan fingerprint density at radius 2 is 1.58 bits per heavy atom. The molecule has 1 aromatic carbocycles. The van der Waals surface area contributed by atoms with Gasteiger partial charge in [0, 0.05) is 18.8 Å². The molecule has 0 aromatic heterocycles. The van der Waals surface area contributed by atoms with E-state index in [0.29, 0.717) is 18.8 Å². The molecule has 0 radical (unpaired) electrons. The SMILES string of the molecule is CCOC(OCC)C(=O)C(=C(C)C)c1ccccc1. The Kier molecular flexibility index (Phi) is 6.46. The van der Waals surface area contributed by atoms with Crippen molar-refractivity contribution in [3.63, 3.8) is 0 Å². The lowest BCUT2D eigenvalue weighted by Crippen LogP contribution is -2.29. The van der Waals surface area contributed by atoms with E-state index in [0.717, 1.165) is 11.1 Å². The standard InChI is InChI=1S/C16H22O3/c1-5-18-16(19-6-2)15(17)14(12(3)4)13-10-8-7-9-11-13/h7-11,16H,5-6H2,1-4H3. The molecule has 0 aliphatic carbocycles. The first-order chi connectivity index (χ1) is 9.11. The number of Topliss-reactive ketones (excluding diaryl/α,β-unsaturated/α-hetero) is 1. The fourth-order valence-corrected chi connectivity index (χ4v) is 1.90. The van der Waals surface area contributed by atoms with Crippen LogP contribution in [0.5, 0.6) is 0 Å². The highest BCUT2D eigenvalue weighted by molar-refractivity contribution is 6.23. The largest absolute Gasteiger partial charge is 0.346 e. The molecule has 0 fully saturated rings. The Morgan fingerprint density at radius 3 is 2.00 bits per heavy atom. The molecule has 0 atom stereocenters. The van der Waals surface area contributed by atoms with Crippen molar-refractivity contribution in [1.82, 2.24) is 0 Å². The summed E-state index contributed by atoms with van der Waals surface area (Å²) < 4.78 is 10.8. The average molecular weight is 262 g/mol. The second-order valence-electron chi connectivity index (χ2n) is 4.35. The van der Waals surface area contributed by atoms with Gasteiger partial charge in [-0.3, -0.25) is 4.79 Å². The molecule has 0 unspecified atom stereocenters. The van der Waals surface area contributed by atoms with Gasteiger partial charge in [-0.1, -0.05) is 35.9 Å². The lowest BCUT2D eigenvalue weighted by Gasteiger charge is -2.18. The number of allylic oxidation sites excluding steroid dienone is 1. The Morgan fingerprint density at radius 1 is 1.05 bits per heavy atom. The molecule has 3 nitrogen and oxygen atoms in total. The monoisotopic (exact) mass is 262 g/mol. The minimum Gasteiger partial charge on any atom is -0.346 e. The quantitative estimate of drug-likeness (QED) is 0.557. The van der Waals surface area contributed by atoms with E-state index in [4.69, 9.17) is 9.47 Å². The van der Waals surface area contributed by atoms with Gasteiger partial charge in [-0.05, 0) is 33.3 Å². The van der Waals surface area contributed by atoms with Gasteiger partial charge in [-0.25, -0.2) is 0 Å². The molecule has 0 bridgehead atoms. The van der Waals surface area contributed by atoms with E-state index in [2.05, 4.69) is 0 Å². The van der Waals surface area contributed by atoms with E-state index >= 15 is 0 Å². The van der Waals surface area contributed by atoms with Crippen molar-refractivity contribution in [2.45, 2.75) is 34.0 Å². The van der Waals surface area contributed by atoms with Gasteiger partial charge in [0.2, 0.25) is 12.1 Å². The molecule has 1 rings (SSSR count). The van der Waals surface area contributed by atoms with Crippen LogP contribution >= 0.6 is 0 Å². The highest BCUT2D eigenvalue weighted by Gasteiger charge is 2.24. The fourth-order valence-electron chi connectivity index (χ4n) is 1.90. The predicted molar refractivity (Wildman–Crippen MR) is 76.8 cm³/mol. The molecular formula is C16H22O3. The minimum absolute atomic E-state index is 0.116. The van der Waals surface area contributed by atoms with Crippen LogP contribution in [0.25, 0.3) is 5.57 Å². The van der Waals surface area contributed by atoms with Gasteiger partial charge >= 0.3 is 0 Å². The summed E-state index contributed by atoms with van der Waals surface area (Å²) in [7, 11) is 0. The Balaban J connectivity index is 3.07. The fraction of sp³-hybridized carbons (Fsp3) is 0.438. The minimum atomic E-state index is -0.819. The maximum absolute atomic E-state index is 12.6. The van der Waals surface area contributed by atoms with Crippen LogP contribution in [0.4, 0.5) is 0 Å². The van der Waals surface area contributed by atoms with Gasteiger partial charge in [-0.2, -0.15) is 0 Å². The predicted octanol–water partition coefficient (Wildman–Crippen LogP) is 3.45. The van der Waals surface area contributed by atoms with Crippen LogP contribution in [0, 0.1) is 0 Å². The van der Waals surface area contributed by atoms with Crippen molar-refractivity contribution in [3.05, 3.63) is 41.5 Å². The molecule has 1 aromatic rings. The van der Waals surface area contributed by atoms with Crippen molar-refractivity contribution in [1.29, 1.82) is 0 Å². The maximum Gasteiger partial charge on any atom is 0.222 e. The van der Waals surface area contributed by atoms with Crippen molar-refractivity contribution in [2.24, 2.45) is 0 Å². The molecule has 0 aliphatic rings. The molecule has 104 valence electrons. The van der Waals surface area contributed by atoms with Crippen LogP contribution in [0.3, 0.4) is 0 Å². The zero-order valence-electron chi connectivity index (χ0n) is 12.1. The van der Waals surface area contributed by atoms with E-state index in [1.54, 1.807) is 0 Å². The number of ketones is 1. The first kappa shape index (κ1) is 15.6. The summed E-state index contributed by atoms with van der Waals surface area (Å²) in [5.74, 6) is -0.116. The summed E-state index contributed by atoms with van der Waals surface area (Å²) in [6.45, 7) is 8.45. The van der Waals surface area contributed by atoms with Crippen LogP contribution in [-0.2, 0) is 14.3 Å². The lowest BCUT2D eigenvalue weighted by molar-refractivity contribution is -0.161. The van der Waals surface area contributed by atoms with Gasteiger partial charge in [0.25, 0.3) is 0 Å².